The van der Waals surface area contributed by atoms with Crippen LogP contribution in [-0.2, 0) is 13.5 Å². The quantitative estimate of drug-likeness (QED) is 0.915. The Morgan fingerprint density at radius 3 is 2.76 bits per heavy atom. The summed E-state index contributed by atoms with van der Waals surface area (Å²) in [7, 11) is 1.91. The van der Waals surface area contributed by atoms with Crippen LogP contribution < -0.4 is 5.73 Å². The Balaban J connectivity index is 2.19. The molecule has 0 spiro atoms. The number of nitrogens with zero attached hydrogens (tertiary/aromatic N) is 2. The van der Waals surface area contributed by atoms with Gasteiger partial charge in [0.1, 0.15) is 0 Å². The number of aryl methyl sites for hydroxylation is 1. The van der Waals surface area contributed by atoms with Crippen molar-refractivity contribution in [2.45, 2.75) is 12.5 Å². The Labute approximate surface area is 117 Å². The smallest absolute Gasteiger partial charge is 0.0643 e. The lowest BCUT2D eigenvalue weighted by Crippen LogP contribution is -2.14. The van der Waals surface area contributed by atoms with E-state index in [-0.39, 0.29) is 6.04 Å². The second-order valence-corrected chi connectivity index (χ2v) is 5.73. The molecule has 90 valence electrons. The van der Waals surface area contributed by atoms with Gasteiger partial charge >= 0.3 is 0 Å². The SMILES string of the molecule is Cn1ccc(CC(N)c2cc(Br)ccc2Br)n1. The van der Waals surface area contributed by atoms with Gasteiger partial charge in [-0.3, -0.25) is 4.68 Å². The summed E-state index contributed by atoms with van der Waals surface area (Å²) in [5.74, 6) is 0. The van der Waals surface area contributed by atoms with Crippen LogP contribution in [0, 0.1) is 0 Å². The molecule has 1 heterocycles. The summed E-state index contributed by atoms with van der Waals surface area (Å²) < 4.78 is 3.86. The number of benzene rings is 1. The zero-order valence-corrected chi connectivity index (χ0v) is 12.6. The highest BCUT2D eigenvalue weighted by atomic mass is 79.9. The third kappa shape index (κ3) is 3.18. The van der Waals surface area contributed by atoms with Crippen LogP contribution in [-0.4, -0.2) is 9.78 Å². The van der Waals surface area contributed by atoms with Gasteiger partial charge in [-0.25, -0.2) is 0 Å². The molecule has 0 amide bonds. The van der Waals surface area contributed by atoms with Gasteiger partial charge in [-0.05, 0) is 29.8 Å². The maximum absolute atomic E-state index is 6.21. The van der Waals surface area contributed by atoms with Crippen LogP contribution in [0.1, 0.15) is 17.3 Å². The third-order valence-electron chi connectivity index (χ3n) is 2.56. The largest absolute Gasteiger partial charge is 0.324 e. The number of hydrogen-bond donors (Lipinski definition) is 1. The topological polar surface area (TPSA) is 43.8 Å². The molecule has 0 bridgehead atoms. The van der Waals surface area contributed by atoms with Crippen molar-refractivity contribution in [1.82, 2.24) is 9.78 Å². The van der Waals surface area contributed by atoms with Crippen LogP contribution >= 0.6 is 31.9 Å². The van der Waals surface area contributed by atoms with Crippen molar-refractivity contribution in [3.63, 3.8) is 0 Å². The van der Waals surface area contributed by atoms with Gasteiger partial charge in [0.25, 0.3) is 0 Å². The van der Waals surface area contributed by atoms with E-state index in [9.17, 15) is 0 Å². The predicted molar refractivity (Wildman–Crippen MR) is 75.7 cm³/mol. The van der Waals surface area contributed by atoms with E-state index in [4.69, 9.17) is 5.73 Å². The average Bonchev–Trinajstić information content (AvgIpc) is 2.67. The van der Waals surface area contributed by atoms with Gasteiger partial charge < -0.3 is 5.73 Å². The number of halogens is 2. The molecule has 2 aromatic rings. The molecule has 1 unspecified atom stereocenters. The Hall–Kier alpha value is -0.650. The van der Waals surface area contributed by atoms with Crippen LogP contribution in [0.2, 0.25) is 0 Å². The van der Waals surface area contributed by atoms with Gasteiger partial charge in [0, 0.05) is 34.7 Å². The maximum atomic E-state index is 6.21. The van der Waals surface area contributed by atoms with Gasteiger partial charge in [-0.15, -0.1) is 0 Å². The Morgan fingerprint density at radius 2 is 2.12 bits per heavy atom. The van der Waals surface area contributed by atoms with Gasteiger partial charge in [-0.2, -0.15) is 5.10 Å². The van der Waals surface area contributed by atoms with Crippen molar-refractivity contribution in [2.75, 3.05) is 0 Å². The zero-order chi connectivity index (χ0) is 12.4. The molecule has 17 heavy (non-hydrogen) atoms. The maximum Gasteiger partial charge on any atom is 0.0643 e. The summed E-state index contributed by atoms with van der Waals surface area (Å²) in [5, 5.41) is 4.34. The second-order valence-electron chi connectivity index (χ2n) is 3.96. The first-order valence-corrected chi connectivity index (χ1v) is 6.84. The highest BCUT2D eigenvalue weighted by Crippen LogP contribution is 2.27. The summed E-state index contributed by atoms with van der Waals surface area (Å²) >= 11 is 6.98. The third-order valence-corrected chi connectivity index (χ3v) is 3.77. The van der Waals surface area contributed by atoms with Crippen molar-refractivity contribution in [1.29, 1.82) is 0 Å². The van der Waals surface area contributed by atoms with E-state index in [1.54, 1.807) is 4.68 Å². The first-order chi connectivity index (χ1) is 8.06. The fraction of sp³-hybridized carbons (Fsp3) is 0.250. The molecule has 0 aliphatic heterocycles. The van der Waals surface area contributed by atoms with Gasteiger partial charge in [0.15, 0.2) is 0 Å². The number of rotatable bonds is 3. The van der Waals surface area contributed by atoms with Crippen LogP contribution in [0.4, 0.5) is 0 Å². The summed E-state index contributed by atoms with van der Waals surface area (Å²) in [6.45, 7) is 0. The molecule has 3 nitrogen and oxygen atoms in total. The molecule has 1 aromatic heterocycles. The van der Waals surface area contributed by atoms with Gasteiger partial charge in [0.2, 0.25) is 0 Å². The van der Waals surface area contributed by atoms with Crippen molar-refractivity contribution in [2.24, 2.45) is 12.8 Å². The van der Waals surface area contributed by atoms with E-state index in [1.165, 1.54) is 0 Å². The molecule has 5 heteroatoms. The van der Waals surface area contributed by atoms with Crippen molar-refractivity contribution in [3.05, 3.63) is 50.7 Å². The highest BCUT2D eigenvalue weighted by molar-refractivity contribution is 9.11. The van der Waals surface area contributed by atoms with E-state index < -0.39 is 0 Å². The van der Waals surface area contributed by atoms with Crippen LogP contribution in [0.15, 0.2) is 39.4 Å². The molecule has 1 aromatic carbocycles. The van der Waals surface area contributed by atoms with Crippen molar-refractivity contribution >= 4 is 31.9 Å². The summed E-state index contributed by atoms with van der Waals surface area (Å²) in [6.07, 6.45) is 2.66. The van der Waals surface area contributed by atoms with E-state index in [0.717, 1.165) is 26.6 Å². The number of aromatic nitrogens is 2. The van der Waals surface area contributed by atoms with Crippen LogP contribution in [0.25, 0.3) is 0 Å². The Kier molecular flexibility index (Phi) is 4.01. The molecule has 1 atom stereocenters. The summed E-state index contributed by atoms with van der Waals surface area (Å²) in [4.78, 5) is 0. The van der Waals surface area contributed by atoms with Gasteiger partial charge in [0.05, 0.1) is 5.69 Å². The summed E-state index contributed by atoms with van der Waals surface area (Å²) in [6, 6.07) is 7.96. The lowest BCUT2D eigenvalue weighted by Gasteiger charge is -2.13. The fourth-order valence-corrected chi connectivity index (χ4v) is 2.63. The normalized spacial score (nSPS) is 12.7. The van der Waals surface area contributed by atoms with E-state index in [2.05, 4.69) is 37.0 Å². The molecule has 2 N–H and O–H groups in total. The molecular formula is C12H13Br2N3. The molecule has 0 saturated heterocycles. The Morgan fingerprint density at radius 1 is 1.35 bits per heavy atom. The standard InChI is InChI=1S/C12H13Br2N3/c1-17-5-4-9(16-17)7-12(15)10-6-8(13)2-3-11(10)14/h2-6,12H,7,15H2,1H3. The van der Waals surface area contributed by atoms with E-state index in [1.807, 2.05) is 37.5 Å². The highest BCUT2D eigenvalue weighted by Gasteiger charge is 2.12. The van der Waals surface area contributed by atoms with Gasteiger partial charge in [-0.1, -0.05) is 31.9 Å². The molecule has 2 rings (SSSR count). The van der Waals surface area contributed by atoms with Crippen LogP contribution in [0.3, 0.4) is 0 Å². The molecule has 0 aliphatic rings. The Bertz CT molecular complexity index is 522. The predicted octanol–water partition coefficient (Wildman–Crippen LogP) is 3.19. The minimum absolute atomic E-state index is 0.0585. The minimum Gasteiger partial charge on any atom is -0.324 e. The molecule has 0 fully saturated rings. The summed E-state index contributed by atoms with van der Waals surface area (Å²) in [5.41, 5.74) is 8.30. The first-order valence-electron chi connectivity index (χ1n) is 5.25. The second kappa shape index (κ2) is 5.33. The minimum atomic E-state index is -0.0585. The van der Waals surface area contributed by atoms with Crippen molar-refractivity contribution in [3.8, 4) is 0 Å². The zero-order valence-electron chi connectivity index (χ0n) is 9.40. The van der Waals surface area contributed by atoms with Crippen molar-refractivity contribution < 1.29 is 0 Å². The molecule has 0 radical (unpaired) electrons. The molecule has 0 aliphatic carbocycles. The monoisotopic (exact) mass is 357 g/mol. The molecular weight excluding hydrogens is 346 g/mol. The first kappa shape index (κ1) is 12.8. The fourth-order valence-electron chi connectivity index (χ4n) is 1.71. The average molecular weight is 359 g/mol. The van der Waals surface area contributed by atoms with E-state index >= 15 is 0 Å². The molecule has 0 saturated carbocycles. The lowest BCUT2D eigenvalue weighted by molar-refractivity contribution is 0.673. The number of nitrogens with two attached hydrogens (primary N) is 1. The number of hydrogen-bond acceptors (Lipinski definition) is 2. The lowest BCUT2D eigenvalue weighted by atomic mass is 10.0. The van der Waals surface area contributed by atoms with E-state index in [0.29, 0.717) is 0 Å². The van der Waals surface area contributed by atoms with Crippen LogP contribution in [0.5, 0.6) is 0 Å².